The molecule has 4 nitrogen and oxygen atoms in total. The summed E-state index contributed by atoms with van der Waals surface area (Å²) in [5.41, 5.74) is 0. The van der Waals surface area contributed by atoms with Crippen molar-refractivity contribution in [2.24, 2.45) is 5.92 Å². The van der Waals surface area contributed by atoms with Crippen molar-refractivity contribution in [3.8, 4) is 0 Å². The molecule has 1 N–H and O–H groups in total. The number of nitrogens with zero attached hydrogens (tertiary/aromatic N) is 1. The van der Waals surface area contributed by atoms with Crippen LogP contribution in [0.4, 0.5) is 0 Å². The highest BCUT2D eigenvalue weighted by molar-refractivity contribution is 7.91. The first-order chi connectivity index (χ1) is 8.99. The van der Waals surface area contributed by atoms with E-state index in [2.05, 4.69) is 24.1 Å². The Balaban J connectivity index is 1.89. The van der Waals surface area contributed by atoms with Gasteiger partial charge in [0, 0.05) is 13.1 Å². The summed E-state index contributed by atoms with van der Waals surface area (Å²) < 4.78 is 22.6. The molecule has 1 rings (SSSR count). The van der Waals surface area contributed by atoms with Gasteiger partial charge in [0.2, 0.25) is 0 Å². The fraction of sp³-hybridized carbons (Fsp3) is 1.00. The van der Waals surface area contributed by atoms with Crippen LogP contribution >= 0.6 is 0 Å². The van der Waals surface area contributed by atoms with Gasteiger partial charge >= 0.3 is 0 Å². The molecule has 0 unspecified atom stereocenters. The first kappa shape index (κ1) is 16.9. The second kappa shape index (κ2) is 8.93. The van der Waals surface area contributed by atoms with Gasteiger partial charge in [-0.2, -0.15) is 0 Å². The molecule has 1 saturated heterocycles. The summed E-state index contributed by atoms with van der Waals surface area (Å²) in [5, 5.41) is 3.46. The minimum atomic E-state index is -2.72. The van der Waals surface area contributed by atoms with Crippen molar-refractivity contribution < 1.29 is 8.42 Å². The molecule has 1 aliphatic heterocycles. The van der Waals surface area contributed by atoms with Gasteiger partial charge in [0.25, 0.3) is 0 Å². The molecule has 0 aromatic carbocycles. The lowest BCUT2D eigenvalue weighted by atomic mass is 10.1. The average molecular weight is 290 g/mol. The number of hydrogen-bond donors (Lipinski definition) is 1. The molecule has 1 aliphatic rings. The molecule has 0 saturated carbocycles. The minimum Gasteiger partial charge on any atom is -0.316 e. The maximum Gasteiger partial charge on any atom is 0.152 e. The van der Waals surface area contributed by atoms with Gasteiger partial charge in [0.05, 0.1) is 11.5 Å². The van der Waals surface area contributed by atoms with Crippen LogP contribution in [0.2, 0.25) is 0 Å². The molecule has 0 aromatic heterocycles. The maximum atomic E-state index is 11.3. The molecular weight excluding hydrogens is 260 g/mol. The Morgan fingerprint density at radius 3 is 2.32 bits per heavy atom. The zero-order valence-electron chi connectivity index (χ0n) is 12.5. The Bertz CT molecular complexity index is 314. The van der Waals surface area contributed by atoms with E-state index in [1.165, 1.54) is 25.7 Å². The third-order valence-electron chi connectivity index (χ3n) is 3.57. The van der Waals surface area contributed by atoms with E-state index in [0.29, 0.717) is 11.5 Å². The molecule has 0 aromatic rings. The van der Waals surface area contributed by atoms with Crippen molar-refractivity contribution >= 4 is 9.84 Å². The summed E-state index contributed by atoms with van der Waals surface area (Å²) in [4.78, 5) is 2.29. The van der Waals surface area contributed by atoms with Crippen LogP contribution in [-0.2, 0) is 9.84 Å². The van der Waals surface area contributed by atoms with Crippen molar-refractivity contribution in [1.82, 2.24) is 10.2 Å². The molecule has 114 valence electrons. The van der Waals surface area contributed by atoms with Crippen LogP contribution in [-0.4, -0.2) is 57.5 Å². The maximum absolute atomic E-state index is 11.3. The van der Waals surface area contributed by atoms with Crippen LogP contribution in [0, 0.1) is 5.92 Å². The largest absolute Gasteiger partial charge is 0.316 e. The molecule has 0 aliphatic carbocycles. The summed E-state index contributed by atoms with van der Waals surface area (Å²) in [5.74, 6) is 1.44. The minimum absolute atomic E-state index is 0.353. The van der Waals surface area contributed by atoms with Gasteiger partial charge < -0.3 is 10.2 Å². The normalized spacial score (nSPS) is 19.9. The molecule has 0 atom stereocenters. The van der Waals surface area contributed by atoms with Crippen LogP contribution in [0.1, 0.15) is 39.5 Å². The number of sulfone groups is 1. The summed E-state index contributed by atoms with van der Waals surface area (Å²) in [6, 6.07) is 0. The molecule has 0 spiro atoms. The molecule has 19 heavy (non-hydrogen) atoms. The van der Waals surface area contributed by atoms with E-state index in [0.717, 1.165) is 38.6 Å². The summed E-state index contributed by atoms with van der Waals surface area (Å²) in [6.45, 7) is 9.23. The predicted molar refractivity (Wildman–Crippen MR) is 81.3 cm³/mol. The first-order valence-electron chi connectivity index (χ1n) is 7.63. The van der Waals surface area contributed by atoms with E-state index < -0.39 is 9.84 Å². The van der Waals surface area contributed by atoms with Crippen LogP contribution in [0.15, 0.2) is 0 Å². The third-order valence-corrected chi connectivity index (χ3v) is 5.18. The Kier molecular flexibility index (Phi) is 7.95. The SMILES string of the molecule is CC(C)CNCCCCCCN1CCS(=O)(=O)CC1. The van der Waals surface area contributed by atoms with E-state index >= 15 is 0 Å². The molecule has 0 radical (unpaired) electrons. The lowest BCUT2D eigenvalue weighted by Gasteiger charge is -2.26. The summed E-state index contributed by atoms with van der Waals surface area (Å²) in [6.07, 6.45) is 4.98. The predicted octanol–water partition coefficient (Wildman–Crippen LogP) is 1.52. The van der Waals surface area contributed by atoms with Gasteiger partial charge in [-0.25, -0.2) is 8.42 Å². The van der Waals surface area contributed by atoms with Crippen LogP contribution < -0.4 is 5.32 Å². The van der Waals surface area contributed by atoms with E-state index in [-0.39, 0.29) is 0 Å². The highest BCUT2D eigenvalue weighted by Crippen LogP contribution is 2.06. The highest BCUT2D eigenvalue weighted by atomic mass is 32.2. The number of rotatable bonds is 9. The van der Waals surface area contributed by atoms with Gasteiger partial charge in [0.1, 0.15) is 0 Å². The van der Waals surface area contributed by atoms with Crippen molar-refractivity contribution in [3.05, 3.63) is 0 Å². The van der Waals surface area contributed by atoms with Gasteiger partial charge in [-0.1, -0.05) is 26.7 Å². The summed E-state index contributed by atoms with van der Waals surface area (Å²) >= 11 is 0. The topological polar surface area (TPSA) is 49.4 Å². The Morgan fingerprint density at radius 2 is 1.68 bits per heavy atom. The second-order valence-electron chi connectivity index (χ2n) is 6.01. The van der Waals surface area contributed by atoms with Crippen LogP contribution in [0.5, 0.6) is 0 Å². The number of hydrogen-bond acceptors (Lipinski definition) is 4. The molecule has 1 heterocycles. The Hall–Kier alpha value is -0.130. The Labute approximate surface area is 118 Å². The zero-order valence-corrected chi connectivity index (χ0v) is 13.3. The van der Waals surface area contributed by atoms with Crippen LogP contribution in [0.3, 0.4) is 0 Å². The zero-order chi connectivity index (χ0) is 14.1. The van der Waals surface area contributed by atoms with Crippen molar-refractivity contribution in [2.75, 3.05) is 44.2 Å². The first-order valence-corrected chi connectivity index (χ1v) is 9.45. The van der Waals surface area contributed by atoms with Gasteiger partial charge in [-0.15, -0.1) is 0 Å². The highest BCUT2D eigenvalue weighted by Gasteiger charge is 2.20. The Morgan fingerprint density at radius 1 is 1.05 bits per heavy atom. The molecule has 0 amide bonds. The van der Waals surface area contributed by atoms with E-state index in [4.69, 9.17) is 0 Å². The standard InChI is InChI=1S/C14H30N2O2S/c1-14(2)13-15-7-5-3-4-6-8-16-9-11-19(17,18)12-10-16/h14-15H,3-13H2,1-2H3. The number of unbranched alkanes of at least 4 members (excludes halogenated alkanes) is 3. The molecule has 1 fully saturated rings. The lowest BCUT2D eigenvalue weighted by molar-refractivity contribution is 0.287. The quantitative estimate of drug-likeness (QED) is 0.654. The van der Waals surface area contributed by atoms with Crippen molar-refractivity contribution in [3.63, 3.8) is 0 Å². The monoisotopic (exact) mass is 290 g/mol. The fourth-order valence-electron chi connectivity index (χ4n) is 2.30. The van der Waals surface area contributed by atoms with Crippen molar-refractivity contribution in [2.45, 2.75) is 39.5 Å². The van der Waals surface area contributed by atoms with E-state index in [1.807, 2.05) is 0 Å². The molecule has 0 bridgehead atoms. The smallest absolute Gasteiger partial charge is 0.152 e. The summed E-state index contributed by atoms with van der Waals surface area (Å²) in [7, 11) is -2.72. The van der Waals surface area contributed by atoms with Crippen LogP contribution in [0.25, 0.3) is 0 Å². The van der Waals surface area contributed by atoms with Gasteiger partial charge in [-0.05, 0) is 38.4 Å². The molecule has 5 heteroatoms. The van der Waals surface area contributed by atoms with Gasteiger partial charge in [-0.3, -0.25) is 0 Å². The molecular formula is C14H30N2O2S. The van der Waals surface area contributed by atoms with Gasteiger partial charge in [0.15, 0.2) is 9.84 Å². The third kappa shape index (κ3) is 8.60. The lowest BCUT2D eigenvalue weighted by Crippen LogP contribution is -2.40. The van der Waals surface area contributed by atoms with E-state index in [1.54, 1.807) is 0 Å². The fourth-order valence-corrected chi connectivity index (χ4v) is 3.58. The van der Waals surface area contributed by atoms with Crippen molar-refractivity contribution in [1.29, 1.82) is 0 Å². The van der Waals surface area contributed by atoms with E-state index in [9.17, 15) is 8.42 Å². The average Bonchev–Trinajstić information content (AvgIpc) is 2.34. The number of nitrogens with one attached hydrogen (secondary N) is 1. The second-order valence-corrected chi connectivity index (χ2v) is 8.31.